The van der Waals surface area contributed by atoms with Gasteiger partial charge in [-0.2, -0.15) is 0 Å². The highest BCUT2D eigenvalue weighted by molar-refractivity contribution is 5.92. The van der Waals surface area contributed by atoms with Crippen molar-refractivity contribution >= 4 is 18.0 Å². The molecule has 20 heavy (non-hydrogen) atoms. The zero-order valence-corrected chi connectivity index (χ0v) is 12.1. The number of hydrogen-bond acceptors (Lipinski definition) is 4. The van der Waals surface area contributed by atoms with Crippen molar-refractivity contribution in [2.24, 2.45) is 0 Å². The Morgan fingerprint density at radius 3 is 2.45 bits per heavy atom. The Bertz CT molecular complexity index is 456. The molecule has 3 heterocycles. The first-order chi connectivity index (χ1) is 9.11. The SMILES string of the molecule is CC(C(=O)O)N1CC2CC(C1=O)N2C(=O)OC(C)(C)C. The average molecular weight is 284 g/mol. The van der Waals surface area contributed by atoms with Crippen LogP contribution in [0.25, 0.3) is 0 Å². The zero-order valence-electron chi connectivity index (χ0n) is 12.1. The molecule has 0 aromatic rings. The standard InChI is InChI=1S/C13H20N2O5/c1-7(11(17)18)14-6-8-5-9(10(14)16)15(8)12(19)20-13(2,3)4/h7-9H,5-6H2,1-4H3,(H,17,18). The lowest BCUT2D eigenvalue weighted by Crippen LogP contribution is -2.74. The third-order valence-electron chi connectivity index (χ3n) is 3.63. The molecule has 2 amide bonds. The number of carbonyl (C=O) groups excluding carboxylic acids is 2. The van der Waals surface area contributed by atoms with Gasteiger partial charge in [-0.3, -0.25) is 9.69 Å². The van der Waals surface area contributed by atoms with Crippen molar-refractivity contribution in [3.05, 3.63) is 0 Å². The topological polar surface area (TPSA) is 87.2 Å². The van der Waals surface area contributed by atoms with Gasteiger partial charge in [-0.1, -0.05) is 0 Å². The second kappa shape index (κ2) is 4.64. The van der Waals surface area contributed by atoms with Gasteiger partial charge in [0.1, 0.15) is 17.7 Å². The monoisotopic (exact) mass is 284 g/mol. The maximum absolute atomic E-state index is 12.2. The summed E-state index contributed by atoms with van der Waals surface area (Å²) in [5.74, 6) is -1.35. The number of fused-ring (bicyclic) bond motifs is 2. The molecule has 3 rings (SSSR count). The van der Waals surface area contributed by atoms with Gasteiger partial charge >= 0.3 is 12.1 Å². The van der Waals surface area contributed by atoms with Crippen LogP contribution in [-0.2, 0) is 14.3 Å². The highest BCUT2D eigenvalue weighted by Gasteiger charge is 2.55. The number of ether oxygens (including phenoxy) is 1. The lowest BCUT2D eigenvalue weighted by atomic mass is 9.86. The number of piperidine rings is 1. The predicted octanol–water partition coefficient (Wildman–Crippen LogP) is 0.680. The summed E-state index contributed by atoms with van der Waals surface area (Å²) in [5, 5.41) is 8.98. The Hall–Kier alpha value is -1.79. The highest BCUT2D eigenvalue weighted by atomic mass is 16.6. The fourth-order valence-corrected chi connectivity index (χ4v) is 2.57. The lowest BCUT2D eigenvalue weighted by molar-refractivity contribution is -0.167. The molecule has 2 bridgehead atoms. The van der Waals surface area contributed by atoms with Crippen molar-refractivity contribution in [2.75, 3.05) is 6.54 Å². The second-order valence-corrected chi connectivity index (χ2v) is 6.30. The number of hydrogen-bond donors (Lipinski definition) is 1. The van der Waals surface area contributed by atoms with E-state index in [-0.39, 0.29) is 18.5 Å². The molecule has 3 atom stereocenters. The fourth-order valence-electron chi connectivity index (χ4n) is 2.57. The number of nitrogens with zero attached hydrogens (tertiary/aromatic N) is 2. The third-order valence-corrected chi connectivity index (χ3v) is 3.63. The normalized spacial score (nSPS) is 26.9. The zero-order chi connectivity index (χ0) is 15.2. The van der Waals surface area contributed by atoms with Crippen LogP contribution in [0.4, 0.5) is 4.79 Å². The molecule has 3 aliphatic heterocycles. The van der Waals surface area contributed by atoms with Crippen LogP contribution in [0, 0.1) is 0 Å². The van der Waals surface area contributed by atoms with Gasteiger partial charge in [0.2, 0.25) is 5.91 Å². The maximum atomic E-state index is 12.2. The second-order valence-electron chi connectivity index (χ2n) is 6.30. The van der Waals surface area contributed by atoms with Crippen LogP contribution >= 0.6 is 0 Å². The van der Waals surface area contributed by atoms with Crippen molar-refractivity contribution in [2.45, 2.75) is 57.8 Å². The van der Waals surface area contributed by atoms with Crippen molar-refractivity contribution in [3.63, 3.8) is 0 Å². The minimum Gasteiger partial charge on any atom is -0.480 e. The third kappa shape index (κ3) is 2.44. The molecule has 3 aliphatic rings. The van der Waals surface area contributed by atoms with E-state index in [1.54, 1.807) is 20.8 Å². The summed E-state index contributed by atoms with van der Waals surface area (Å²) in [6.07, 6.45) is 0.0794. The first kappa shape index (κ1) is 14.6. The highest BCUT2D eigenvalue weighted by Crippen LogP contribution is 2.35. The Balaban J connectivity index is 2.06. The Labute approximate surface area is 117 Å². The molecule has 0 aliphatic carbocycles. The van der Waals surface area contributed by atoms with Crippen molar-refractivity contribution in [1.29, 1.82) is 0 Å². The maximum Gasteiger partial charge on any atom is 0.411 e. The first-order valence-electron chi connectivity index (χ1n) is 6.66. The van der Waals surface area contributed by atoms with Gasteiger partial charge in [0.25, 0.3) is 0 Å². The number of carboxylic acid groups (broad SMARTS) is 1. The van der Waals surface area contributed by atoms with Gasteiger partial charge in [-0.05, 0) is 34.1 Å². The van der Waals surface area contributed by atoms with E-state index in [2.05, 4.69) is 0 Å². The van der Waals surface area contributed by atoms with Crippen LogP contribution in [0.1, 0.15) is 34.1 Å². The van der Waals surface area contributed by atoms with E-state index in [9.17, 15) is 14.4 Å². The van der Waals surface area contributed by atoms with Gasteiger partial charge in [0, 0.05) is 6.54 Å². The quantitative estimate of drug-likeness (QED) is 0.805. The molecule has 0 aromatic carbocycles. The molecule has 112 valence electrons. The summed E-state index contributed by atoms with van der Waals surface area (Å²) in [5.41, 5.74) is -0.613. The molecule has 0 aromatic heterocycles. The Morgan fingerprint density at radius 1 is 1.40 bits per heavy atom. The van der Waals surface area contributed by atoms with Crippen molar-refractivity contribution in [3.8, 4) is 0 Å². The number of piperazine rings is 1. The Morgan fingerprint density at radius 2 is 2.00 bits per heavy atom. The molecule has 0 spiro atoms. The van der Waals surface area contributed by atoms with Crippen LogP contribution in [0.5, 0.6) is 0 Å². The number of carboxylic acids is 1. The number of aliphatic carboxylic acids is 1. The molecular formula is C13H20N2O5. The largest absolute Gasteiger partial charge is 0.480 e. The minimum absolute atomic E-state index is 0.144. The Kier molecular flexibility index (Phi) is 3.39. The lowest BCUT2D eigenvalue weighted by Gasteiger charge is -2.55. The number of carbonyl (C=O) groups is 3. The van der Waals surface area contributed by atoms with Crippen molar-refractivity contribution in [1.82, 2.24) is 9.80 Å². The van der Waals surface area contributed by atoms with Gasteiger partial charge in [0.05, 0.1) is 6.04 Å². The van der Waals surface area contributed by atoms with Crippen LogP contribution < -0.4 is 0 Å². The molecule has 0 saturated carbocycles. The van der Waals surface area contributed by atoms with E-state index < -0.39 is 29.7 Å². The van der Waals surface area contributed by atoms with E-state index in [1.807, 2.05) is 0 Å². The number of rotatable bonds is 2. The fraction of sp³-hybridized carbons (Fsp3) is 0.769. The smallest absolute Gasteiger partial charge is 0.411 e. The molecule has 3 fully saturated rings. The van der Waals surface area contributed by atoms with Gasteiger partial charge in [-0.25, -0.2) is 9.59 Å². The summed E-state index contributed by atoms with van der Waals surface area (Å²) in [6.45, 7) is 7.02. The van der Waals surface area contributed by atoms with Crippen LogP contribution in [0.3, 0.4) is 0 Å². The van der Waals surface area contributed by atoms with Crippen molar-refractivity contribution < 1.29 is 24.2 Å². The molecule has 0 radical (unpaired) electrons. The minimum atomic E-state index is -1.04. The van der Waals surface area contributed by atoms with Crippen LogP contribution in [-0.4, -0.2) is 63.1 Å². The summed E-state index contributed by atoms with van der Waals surface area (Å²) in [6, 6.07) is -1.59. The van der Waals surface area contributed by atoms with Crippen LogP contribution in [0.15, 0.2) is 0 Å². The molecule has 3 saturated heterocycles. The van der Waals surface area contributed by atoms with E-state index in [0.717, 1.165) is 0 Å². The van der Waals surface area contributed by atoms with E-state index in [4.69, 9.17) is 9.84 Å². The molecule has 1 N–H and O–H groups in total. The average Bonchev–Trinajstić information content (AvgIpc) is 2.24. The van der Waals surface area contributed by atoms with Gasteiger partial charge < -0.3 is 14.7 Å². The molecule has 7 heteroatoms. The van der Waals surface area contributed by atoms with Crippen LogP contribution in [0.2, 0.25) is 0 Å². The molecular weight excluding hydrogens is 264 g/mol. The van der Waals surface area contributed by atoms with E-state index in [0.29, 0.717) is 6.42 Å². The summed E-state index contributed by atoms with van der Waals surface area (Å²) >= 11 is 0. The molecule has 3 unspecified atom stereocenters. The summed E-state index contributed by atoms with van der Waals surface area (Å²) in [4.78, 5) is 38.0. The van der Waals surface area contributed by atoms with E-state index >= 15 is 0 Å². The summed E-state index contributed by atoms with van der Waals surface area (Å²) in [7, 11) is 0. The first-order valence-corrected chi connectivity index (χ1v) is 6.66. The predicted molar refractivity (Wildman–Crippen MR) is 69.1 cm³/mol. The summed E-state index contributed by atoms with van der Waals surface area (Å²) < 4.78 is 5.27. The molecule has 7 nitrogen and oxygen atoms in total. The van der Waals surface area contributed by atoms with Gasteiger partial charge in [-0.15, -0.1) is 0 Å². The number of amides is 2. The van der Waals surface area contributed by atoms with E-state index in [1.165, 1.54) is 16.7 Å². The van der Waals surface area contributed by atoms with Gasteiger partial charge in [0.15, 0.2) is 0 Å².